The van der Waals surface area contributed by atoms with Gasteiger partial charge in [-0.3, -0.25) is 9.59 Å². The van der Waals surface area contributed by atoms with Crippen LogP contribution in [0.25, 0.3) is 6.08 Å². The molecule has 0 unspecified atom stereocenters. The van der Waals surface area contributed by atoms with Crippen LogP contribution in [-0.4, -0.2) is 30.4 Å². The number of Topliss-reactive ketones (excluding diaryl/α,β-unsaturated/α-hetero) is 1. The third-order valence-electron chi connectivity index (χ3n) is 7.02. The summed E-state index contributed by atoms with van der Waals surface area (Å²) in [6.45, 7) is 2.26. The summed E-state index contributed by atoms with van der Waals surface area (Å²) in [6.07, 6.45) is 3.72. The summed E-state index contributed by atoms with van der Waals surface area (Å²) >= 11 is 0. The molecule has 1 fully saturated rings. The molecule has 1 amide bonds. The molecule has 2 N–H and O–H groups in total. The molecular weight excluding hydrogens is 438 g/mol. The van der Waals surface area contributed by atoms with Crippen molar-refractivity contribution in [1.82, 2.24) is 0 Å². The molecule has 0 bridgehead atoms. The summed E-state index contributed by atoms with van der Waals surface area (Å²) < 4.78 is 5.91. The number of anilines is 1. The minimum Gasteiger partial charge on any atom is -0.494 e. The Balaban J connectivity index is 1.83. The predicted octanol–water partition coefficient (Wildman–Crippen LogP) is 4.33. The van der Waals surface area contributed by atoms with E-state index in [0.717, 1.165) is 11.3 Å². The van der Waals surface area contributed by atoms with E-state index in [1.54, 1.807) is 30.3 Å². The van der Waals surface area contributed by atoms with E-state index in [4.69, 9.17) is 10.5 Å². The number of primary amides is 1. The molecule has 0 saturated carbocycles. The van der Waals surface area contributed by atoms with Crippen molar-refractivity contribution < 1.29 is 14.3 Å². The average molecular weight is 464 g/mol. The number of hydrogen-bond donors (Lipinski definition) is 1. The second-order valence-electron chi connectivity index (χ2n) is 8.74. The number of ketones is 1. The minimum absolute atomic E-state index is 0.185. The maximum Gasteiger partial charge on any atom is 0.241 e. The first-order chi connectivity index (χ1) is 17.0. The Kier molecular flexibility index (Phi) is 5.62. The Labute approximate surface area is 204 Å². The largest absolute Gasteiger partial charge is 0.494 e. The van der Waals surface area contributed by atoms with Gasteiger partial charge in [0.1, 0.15) is 11.8 Å². The molecule has 4 atom stereocenters. The van der Waals surface area contributed by atoms with Crippen molar-refractivity contribution in [3.8, 4) is 11.8 Å². The fourth-order valence-electron chi connectivity index (χ4n) is 5.57. The summed E-state index contributed by atoms with van der Waals surface area (Å²) in [5.41, 5.74) is 7.15. The molecule has 0 radical (unpaired) electrons. The molecule has 2 aliphatic rings. The van der Waals surface area contributed by atoms with E-state index in [1.165, 1.54) is 0 Å². The van der Waals surface area contributed by atoms with Crippen molar-refractivity contribution in [3.63, 3.8) is 0 Å². The van der Waals surface area contributed by atoms with Crippen LogP contribution >= 0.6 is 0 Å². The number of nitrogens with two attached hydrogens (primary N) is 1. The number of para-hydroxylation sites is 2. The molecule has 3 aromatic carbocycles. The van der Waals surface area contributed by atoms with Crippen molar-refractivity contribution in [2.45, 2.75) is 24.9 Å². The number of nitriles is 1. The number of rotatable bonds is 6. The number of nitrogens with zero attached hydrogens (tertiary/aromatic N) is 2. The Bertz CT molecular complexity index is 1360. The second kappa shape index (κ2) is 8.77. The number of carbonyl (C=O) groups excluding carboxylic acids is 2. The average Bonchev–Trinajstić information content (AvgIpc) is 3.21. The summed E-state index contributed by atoms with van der Waals surface area (Å²) in [5.74, 6) is -1.28. The van der Waals surface area contributed by atoms with Gasteiger partial charge in [0.2, 0.25) is 5.91 Å². The molecule has 35 heavy (non-hydrogen) atoms. The van der Waals surface area contributed by atoms with E-state index >= 15 is 0 Å². The van der Waals surface area contributed by atoms with E-state index in [-0.39, 0.29) is 5.78 Å². The van der Waals surface area contributed by atoms with Crippen LogP contribution in [0.2, 0.25) is 0 Å². The lowest BCUT2D eigenvalue weighted by Crippen LogP contribution is -2.49. The zero-order chi connectivity index (χ0) is 24.6. The number of amides is 1. The van der Waals surface area contributed by atoms with Crippen molar-refractivity contribution in [2.75, 3.05) is 11.5 Å². The number of carbonyl (C=O) groups is 2. The SMILES string of the molecule is CCOc1ccccc1[C@@H]1[C@H](C(=O)c2ccccc2)N2c3ccccc3C=C[C@@H]2[C@@]1(C#N)C(N)=O. The highest BCUT2D eigenvalue weighted by Gasteiger charge is 2.66. The molecule has 3 aromatic rings. The van der Waals surface area contributed by atoms with Gasteiger partial charge in [0, 0.05) is 22.7 Å². The number of hydrogen-bond acceptors (Lipinski definition) is 5. The zero-order valence-electron chi connectivity index (χ0n) is 19.3. The summed E-state index contributed by atoms with van der Waals surface area (Å²) in [6, 6.07) is 24.6. The van der Waals surface area contributed by atoms with Crippen LogP contribution in [-0.2, 0) is 4.79 Å². The molecule has 6 nitrogen and oxygen atoms in total. The molecule has 2 aliphatic heterocycles. The number of fused-ring (bicyclic) bond motifs is 3. The third kappa shape index (κ3) is 3.31. The summed E-state index contributed by atoms with van der Waals surface area (Å²) in [7, 11) is 0. The van der Waals surface area contributed by atoms with Crippen molar-refractivity contribution >= 4 is 23.5 Å². The quantitative estimate of drug-likeness (QED) is 0.549. The Morgan fingerprint density at radius 2 is 1.71 bits per heavy atom. The molecule has 0 aromatic heterocycles. The highest BCUT2D eigenvalue weighted by Crippen LogP contribution is 2.57. The topological polar surface area (TPSA) is 96.4 Å². The van der Waals surface area contributed by atoms with E-state index in [9.17, 15) is 14.9 Å². The molecule has 6 heteroatoms. The Hall–Kier alpha value is -4.37. The molecular formula is C29H25N3O3. The second-order valence-corrected chi connectivity index (χ2v) is 8.74. The third-order valence-corrected chi connectivity index (χ3v) is 7.02. The van der Waals surface area contributed by atoms with Gasteiger partial charge in [0.25, 0.3) is 0 Å². The van der Waals surface area contributed by atoms with Gasteiger partial charge in [-0.05, 0) is 24.6 Å². The van der Waals surface area contributed by atoms with Gasteiger partial charge < -0.3 is 15.4 Å². The van der Waals surface area contributed by atoms with Gasteiger partial charge in [-0.15, -0.1) is 0 Å². The lowest BCUT2D eigenvalue weighted by Gasteiger charge is -2.36. The van der Waals surface area contributed by atoms with Crippen LogP contribution < -0.4 is 15.4 Å². The summed E-state index contributed by atoms with van der Waals surface area (Å²) in [5, 5.41) is 10.6. The Morgan fingerprint density at radius 1 is 1.03 bits per heavy atom. The van der Waals surface area contributed by atoms with Crippen molar-refractivity contribution in [1.29, 1.82) is 5.26 Å². The first-order valence-electron chi connectivity index (χ1n) is 11.6. The van der Waals surface area contributed by atoms with E-state index in [0.29, 0.717) is 23.5 Å². The van der Waals surface area contributed by atoms with Crippen LogP contribution in [0.3, 0.4) is 0 Å². The van der Waals surface area contributed by atoms with Gasteiger partial charge in [0.15, 0.2) is 11.2 Å². The highest BCUT2D eigenvalue weighted by atomic mass is 16.5. The fourth-order valence-corrected chi connectivity index (χ4v) is 5.57. The van der Waals surface area contributed by atoms with Gasteiger partial charge in [-0.2, -0.15) is 5.26 Å². The fraction of sp³-hybridized carbons (Fsp3) is 0.207. The highest BCUT2D eigenvalue weighted by molar-refractivity contribution is 6.06. The van der Waals surface area contributed by atoms with Gasteiger partial charge >= 0.3 is 0 Å². The molecule has 0 spiro atoms. The zero-order valence-corrected chi connectivity index (χ0v) is 19.3. The minimum atomic E-state index is -1.70. The van der Waals surface area contributed by atoms with E-state index in [1.807, 2.05) is 72.5 Å². The van der Waals surface area contributed by atoms with Crippen LogP contribution in [0, 0.1) is 16.7 Å². The van der Waals surface area contributed by atoms with Gasteiger partial charge in [-0.25, -0.2) is 0 Å². The molecule has 0 aliphatic carbocycles. The van der Waals surface area contributed by atoms with E-state index in [2.05, 4.69) is 6.07 Å². The number of benzene rings is 3. The van der Waals surface area contributed by atoms with Crippen LogP contribution in [0.5, 0.6) is 5.75 Å². The summed E-state index contributed by atoms with van der Waals surface area (Å²) in [4.78, 5) is 29.4. The lowest BCUT2D eigenvalue weighted by atomic mass is 9.67. The first kappa shape index (κ1) is 22.4. The molecule has 174 valence electrons. The Morgan fingerprint density at radius 3 is 2.43 bits per heavy atom. The monoisotopic (exact) mass is 463 g/mol. The van der Waals surface area contributed by atoms with Crippen LogP contribution in [0.1, 0.15) is 34.3 Å². The number of ether oxygens (including phenoxy) is 1. The molecule has 5 rings (SSSR count). The van der Waals surface area contributed by atoms with Crippen LogP contribution in [0.4, 0.5) is 5.69 Å². The van der Waals surface area contributed by atoms with Gasteiger partial charge in [-0.1, -0.05) is 78.9 Å². The normalized spacial score (nSPS) is 24.2. The van der Waals surface area contributed by atoms with Crippen LogP contribution in [0.15, 0.2) is 84.9 Å². The van der Waals surface area contributed by atoms with Gasteiger partial charge in [0.05, 0.1) is 18.7 Å². The smallest absolute Gasteiger partial charge is 0.241 e. The maximum absolute atomic E-state index is 14.2. The molecule has 1 saturated heterocycles. The standard InChI is InChI=1S/C29H25N3O3/c1-2-35-23-15-9-7-13-21(23)25-26(27(33)20-11-4-3-5-12-20)32-22-14-8-6-10-19(22)16-17-24(32)29(25,18-30)28(31)34/h3-17,24-26H,2H2,1H3,(H2,31,34)/t24-,25-,26-,29-/m1/s1. The lowest BCUT2D eigenvalue weighted by molar-refractivity contribution is -0.125. The van der Waals surface area contributed by atoms with Crippen molar-refractivity contribution in [3.05, 3.63) is 102 Å². The van der Waals surface area contributed by atoms with E-state index < -0.39 is 29.3 Å². The first-order valence-corrected chi connectivity index (χ1v) is 11.6. The molecule has 2 heterocycles. The maximum atomic E-state index is 14.2. The van der Waals surface area contributed by atoms with Crippen molar-refractivity contribution in [2.24, 2.45) is 11.1 Å². The predicted molar refractivity (Wildman–Crippen MR) is 134 cm³/mol.